The molecule has 0 radical (unpaired) electrons. The van der Waals surface area contributed by atoms with E-state index in [1.54, 1.807) is 0 Å². The van der Waals surface area contributed by atoms with Crippen LogP contribution >= 0.6 is 0 Å². The predicted octanol–water partition coefficient (Wildman–Crippen LogP) is 2.05. The number of pyridine rings is 1. The number of hydrogen-bond acceptors (Lipinski definition) is 4. The highest BCUT2D eigenvalue weighted by Crippen LogP contribution is 2.34. The third-order valence-corrected chi connectivity index (χ3v) is 4.05. The van der Waals surface area contributed by atoms with Crippen LogP contribution in [0.1, 0.15) is 28.9 Å². The number of aliphatic carboxylic acids is 1. The first-order valence-corrected chi connectivity index (χ1v) is 7.25. The molecule has 1 N–H and O–H groups in total. The Morgan fingerprint density at radius 1 is 1.46 bits per heavy atom. The fraction of sp³-hybridized carbons (Fsp3) is 0.533. The Labute approximate surface area is 136 Å². The molecule has 6 nitrogen and oxygen atoms in total. The Hall–Kier alpha value is -2.16. The van der Waals surface area contributed by atoms with Gasteiger partial charge in [0.05, 0.1) is 12.2 Å². The van der Waals surface area contributed by atoms with Gasteiger partial charge in [-0.1, -0.05) is 0 Å². The second-order valence-electron chi connectivity index (χ2n) is 5.75. The molecule has 0 aliphatic carbocycles. The number of likely N-dealkylation sites (tertiary alicyclic amines) is 1. The second kappa shape index (κ2) is 6.76. The highest BCUT2D eigenvalue weighted by Gasteiger charge is 2.45. The zero-order chi connectivity index (χ0) is 18.0. The highest BCUT2D eigenvalue weighted by atomic mass is 19.4. The fourth-order valence-electron chi connectivity index (χ4n) is 2.91. The van der Waals surface area contributed by atoms with Gasteiger partial charge in [-0.3, -0.25) is 14.6 Å². The summed E-state index contributed by atoms with van der Waals surface area (Å²) < 4.78 is 44.0. The molecule has 1 aromatic heterocycles. The monoisotopic (exact) mass is 346 g/mol. The molecule has 1 aliphatic heterocycles. The van der Waals surface area contributed by atoms with Gasteiger partial charge in [-0.2, -0.15) is 13.2 Å². The molecule has 9 heteroatoms. The average molecular weight is 346 g/mol. The Kier molecular flexibility index (Phi) is 5.12. The van der Waals surface area contributed by atoms with Crippen molar-refractivity contribution in [1.29, 1.82) is 0 Å². The quantitative estimate of drug-likeness (QED) is 0.903. The van der Waals surface area contributed by atoms with Crippen molar-refractivity contribution in [2.24, 2.45) is 5.41 Å². The molecule has 0 aromatic carbocycles. The zero-order valence-corrected chi connectivity index (χ0v) is 13.0. The number of alkyl halides is 3. The molecule has 24 heavy (non-hydrogen) atoms. The summed E-state index contributed by atoms with van der Waals surface area (Å²) in [7, 11) is 1.34. The molecular weight excluding hydrogens is 329 g/mol. The molecule has 1 aliphatic rings. The summed E-state index contributed by atoms with van der Waals surface area (Å²) in [6.45, 7) is -0.143. The van der Waals surface area contributed by atoms with Crippen LogP contribution in [-0.2, 0) is 15.7 Å². The molecule has 2 heterocycles. The lowest BCUT2D eigenvalue weighted by atomic mass is 9.80. The summed E-state index contributed by atoms with van der Waals surface area (Å²) in [5, 5.41) is 9.46. The molecular formula is C15H17F3N2O4. The lowest BCUT2D eigenvalue weighted by molar-refractivity contribution is -0.156. The van der Waals surface area contributed by atoms with E-state index >= 15 is 0 Å². The number of nitrogens with zero attached hydrogens (tertiary/aromatic N) is 2. The van der Waals surface area contributed by atoms with Crippen molar-refractivity contribution in [2.75, 3.05) is 26.8 Å². The molecule has 1 amide bonds. The SMILES string of the molecule is COCC1(C(=O)O)CCCN(C(=O)c2cccnc2C(F)(F)F)C1. The number of ether oxygens (including phenoxy) is 1. The Balaban J connectivity index is 2.32. The molecule has 1 fully saturated rings. The molecule has 0 bridgehead atoms. The summed E-state index contributed by atoms with van der Waals surface area (Å²) >= 11 is 0. The van der Waals surface area contributed by atoms with E-state index in [1.807, 2.05) is 0 Å². The number of carboxylic acids is 1. The van der Waals surface area contributed by atoms with Crippen molar-refractivity contribution in [2.45, 2.75) is 19.0 Å². The van der Waals surface area contributed by atoms with Crippen molar-refractivity contribution in [1.82, 2.24) is 9.88 Å². The highest BCUT2D eigenvalue weighted by molar-refractivity contribution is 5.96. The number of amides is 1. The van der Waals surface area contributed by atoms with Crippen LogP contribution in [0.4, 0.5) is 13.2 Å². The third kappa shape index (κ3) is 3.50. The third-order valence-electron chi connectivity index (χ3n) is 4.05. The van der Waals surface area contributed by atoms with E-state index in [2.05, 4.69) is 4.98 Å². The summed E-state index contributed by atoms with van der Waals surface area (Å²) in [4.78, 5) is 28.5. The fourth-order valence-corrected chi connectivity index (χ4v) is 2.91. The molecule has 0 saturated carbocycles. The Morgan fingerprint density at radius 2 is 2.17 bits per heavy atom. The maximum Gasteiger partial charge on any atom is 0.434 e. The van der Waals surface area contributed by atoms with E-state index in [4.69, 9.17) is 4.74 Å². The summed E-state index contributed by atoms with van der Waals surface area (Å²) in [6.07, 6.45) is -3.15. The number of aromatic nitrogens is 1. The van der Waals surface area contributed by atoms with Crippen molar-refractivity contribution >= 4 is 11.9 Å². The van der Waals surface area contributed by atoms with Gasteiger partial charge in [-0.15, -0.1) is 0 Å². The van der Waals surface area contributed by atoms with Gasteiger partial charge in [0.2, 0.25) is 0 Å². The van der Waals surface area contributed by atoms with E-state index in [9.17, 15) is 27.9 Å². The number of rotatable bonds is 4. The van der Waals surface area contributed by atoms with Crippen LogP contribution in [0.2, 0.25) is 0 Å². The van der Waals surface area contributed by atoms with Gasteiger partial charge < -0.3 is 14.7 Å². The number of halogens is 3. The molecule has 1 aromatic rings. The first kappa shape index (κ1) is 18.2. The number of methoxy groups -OCH3 is 1. The van der Waals surface area contributed by atoms with Crippen LogP contribution in [0.15, 0.2) is 18.3 Å². The molecule has 1 atom stereocenters. The smallest absolute Gasteiger partial charge is 0.434 e. The molecule has 132 valence electrons. The van der Waals surface area contributed by atoms with E-state index in [0.717, 1.165) is 17.2 Å². The van der Waals surface area contributed by atoms with Gasteiger partial charge in [0.25, 0.3) is 5.91 Å². The second-order valence-corrected chi connectivity index (χ2v) is 5.75. The number of hydrogen-bond donors (Lipinski definition) is 1. The number of piperidine rings is 1. The van der Waals surface area contributed by atoms with Crippen LogP contribution in [0.3, 0.4) is 0 Å². The summed E-state index contributed by atoms with van der Waals surface area (Å²) in [6, 6.07) is 2.29. The zero-order valence-electron chi connectivity index (χ0n) is 13.0. The minimum Gasteiger partial charge on any atom is -0.481 e. The van der Waals surface area contributed by atoms with Crippen LogP contribution < -0.4 is 0 Å². The summed E-state index contributed by atoms with van der Waals surface area (Å²) in [5.41, 5.74) is -3.17. The Bertz CT molecular complexity index is 631. The largest absolute Gasteiger partial charge is 0.481 e. The van der Waals surface area contributed by atoms with Crippen LogP contribution in [0.5, 0.6) is 0 Å². The molecule has 2 rings (SSSR count). The van der Waals surface area contributed by atoms with Crippen molar-refractivity contribution in [3.05, 3.63) is 29.6 Å². The maximum absolute atomic E-state index is 13.0. The Morgan fingerprint density at radius 3 is 2.75 bits per heavy atom. The van der Waals surface area contributed by atoms with E-state index in [0.29, 0.717) is 12.8 Å². The van der Waals surface area contributed by atoms with Gasteiger partial charge in [0.1, 0.15) is 5.41 Å². The van der Waals surface area contributed by atoms with E-state index in [1.165, 1.54) is 13.2 Å². The standard InChI is InChI=1S/C15H17F3N2O4/c1-24-9-14(13(22)23)5-3-7-20(8-14)12(21)10-4-2-6-19-11(10)15(16,17)18/h2,4,6H,3,5,7-9H2,1H3,(H,22,23). The first-order valence-electron chi connectivity index (χ1n) is 7.25. The number of carbonyl (C=O) groups is 2. The van der Waals surface area contributed by atoms with Crippen molar-refractivity contribution in [3.63, 3.8) is 0 Å². The number of carboxylic acid groups (broad SMARTS) is 1. The average Bonchev–Trinajstić information content (AvgIpc) is 2.53. The van der Waals surface area contributed by atoms with Crippen LogP contribution in [-0.4, -0.2) is 53.7 Å². The minimum absolute atomic E-state index is 0.120. The predicted molar refractivity (Wildman–Crippen MR) is 76.3 cm³/mol. The van der Waals surface area contributed by atoms with Gasteiger partial charge in [0, 0.05) is 26.4 Å². The van der Waals surface area contributed by atoms with Gasteiger partial charge in [0.15, 0.2) is 5.69 Å². The topological polar surface area (TPSA) is 79.7 Å². The van der Waals surface area contributed by atoms with Gasteiger partial charge in [-0.05, 0) is 25.0 Å². The maximum atomic E-state index is 13.0. The van der Waals surface area contributed by atoms with Crippen molar-refractivity contribution < 1.29 is 32.6 Å². The lowest BCUT2D eigenvalue weighted by Crippen LogP contribution is -2.52. The minimum atomic E-state index is -4.77. The van der Waals surface area contributed by atoms with Gasteiger partial charge >= 0.3 is 12.1 Å². The van der Waals surface area contributed by atoms with E-state index < -0.39 is 34.7 Å². The first-order chi connectivity index (χ1) is 11.2. The van der Waals surface area contributed by atoms with Crippen LogP contribution in [0, 0.1) is 5.41 Å². The molecule has 1 saturated heterocycles. The summed E-state index contributed by atoms with van der Waals surface area (Å²) in [5.74, 6) is -2.01. The molecule has 1 unspecified atom stereocenters. The van der Waals surface area contributed by atoms with Crippen molar-refractivity contribution in [3.8, 4) is 0 Å². The molecule has 0 spiro atoms. The van der Waals surface area contributed by atoms with Crippen LogP contribution in [0.25, 0.3) is 0 Å². The normalized spacial score (nSPS) is 21.6. The lowest BCUT2D eigenvalue weighted by Gasteiger charge is -2.39. The van der Waals surface area contributed by atoms with E-state index in [-0.39, 0.29) is 19.7 Å². The van der Waals surface area contributed by atoms with Gasteiger partial charge in [-0.25, -0.2) is 0 Å². The number of carbonyl (C=O) groups excluding carboxylic acids is 1.